The van der Waals surface area contributed by atoms with Gasteiger partial charge in [-0.15, -0.1) is 0 Å². The number of hydrazone groups is 1. The van der Waals surface area contributed by atoms with Crippen LogP contribution in [0, 0.1) is 0 Å². The van der Waals surface area contributed by atoms with Gasteiger partial charge in [-0.1, -0.05) is 27.5 Å². The summed E-state index contributed by atoms with van der Waals surface area (Å²) in [5.74, 6) is 0.506. The van der Waals surface area contributed by atoms with E-state index in [9.17, 15) is 13.2 Å². The average molecular weight is 581 g/mol. The van der Waals surface area contributed by atoms with E-state index in [0.29, 0.717) is 28.7 Å². The molecule has 0 aliphatic heterocycles. The van der Waals surface area contributed by atoms with E-state index in [4.69, 9.17) is 21.1 Å². The molecule has 0 spiro atoms. The zero-order chi connectivity index (χ0) is 25.4. The summed E-state index contributed by atoms with van der Waals surface area (Å²) >= 11 is 9.29. The maximum absolute atomic E-state index is 13.4. The van der Waals surface area contributed by atoms with Crippen LogP contribution in [-0.2, 0) is 14.8 Å². The summed E-state index contributed by atoms with van der Waals surface area (Å²) in [7, 11) is -2.57. The van der Waals surface area contributed by atoms with Gasteiger partial charge in [0.15, 0.2) is 0 Å². The molecule has 0 atom stereocenters. The van der Waals surface area contributed by atoms with E-state index in [-0.39, 0.29) is 10.6 Å². The molecule has 0 aliphatic rings. The van der Waals surface area contributed by atoms with E-state index >= 15 is 0 Å². The van der Waals surface area contributed by atoms with Gasteiger partial charge in [-0.2, -0.15) is 5.10 Å². The first-order valence-corrected chi connectivity index (χ1v) is 13.0. The van der Waals surface area contributed by atoms with Gasteiger partial charge in [0.1, 0.15) is 18.0 Å². The van der Waals surface area contributed by atoms with Crippen LogP contribution in [0.3, 0.4) is 0 Å². The maximum atomic E-state index is 13.4. The van der Waals surface area contributed by atoms with Gasteiger partial charge in [0.25, 0.3) is 15.9 Å². The Bertz CT molecular complexity index is 1300. The highest BCUT2D eigenvalue weighted by molar-refractivity contribution is 9.10. The molecule has 0 fully saturated rings. The standard InChI is InChI=1S/C24H23BrClN3O5S/c1-3-34-21-9-7-20(8-10-21)29(35(31,32)22-11-5-19(26)6-12-22)16-24(30)28-27-15-17-14-18(25)4-13-23(17)33-2/h4-15H,3,16H2,1-2H3,(H,28,30)/b27-15-. The van der Waals surface area contributed by atoms with Crippen molar-refractivity contribution in [3.8, 4) is 11.5 Å². The Labute approximate surface area is 217 Å². The number of hydrogen-bond acceptors (Lipinski definition) is 6. The summed E-state index contributed by atoms with van der Waals surface area (Å²) < 4.78 is 39.3. The zero-order valence-electron chi connectivity index (χ0n) is 18.9. The Morgan fingerprint density at radius 2 is 1.80 bits per heavy atom. The minimum Gasteiger partial charge on any atom is -0.496 e. The molecule has 3 aromatic rings. The predicted octanol–water partition coefficient (Wildman–Crippen LogP) is 4.86. The summed E-state index contributed by atoms with van der Waals surface area (Å²) in [6.45, 7) is 1.81. The third kappa shape index (κ3) is 6.97. The van der Waals surface area contributed by atoms with E-state index < -0.39 is 22.5 Å². The average Bonchev–Trinajstić information content (AvgIpc) is 2.84. The van der Waals surface area contributed by atoms with Gasteiger partial charge in [0.2, 0.25) is 0 Å². The number of methoxy groups -OCH3 is 1. The first kappa shape index (κ1) is 26.5. The molecule has 35 heavy (non-hydrogen) atoms. The molecule has 1 amide bonds. The highest BCUT2D eigenvalue weighted by atomic mass is 79.9. The normalized spacial score (nSPS) is 11.3. The van der Waals surface area contributed by atoms with Crippen molar-refractivity contribution >= 4 is 55.4 Å². The third-order valence-electron chi connectivity index (χ3n) is 4.71. The van der Waals surface area contributed by atoms with Crippen molar-refractivity contribution in [2.24, 2.45) is 5.10 Å². The molecule has 184 valence electrons. The number of nitrogens with one attached hydrogen (secondary N) is 1. The van der Waals surface area contributed by atoms with Crippen molar-refractivity contribution in [1.29, 1.82) is 0 Å². The van der Waals surface area contributed by atoms with E-state index in [2.05, 4.69) is 26.5 Å². The van der Waals surface area contributed by atoms with E-state index in [1.54, 1.807) is 36.4 Å². The quantitative estimate of drug-likeness (QED) is 0.273. The summed E-state index contributed by atoms with van der Waals surface area (Å²) in [5.41, 5.74) is 3.29. The second-order valence-electron chi connectivity index (χ2n) is 7.07. The molecular formula is C24H23BrClN3O5S. The summed E-state index contributed by atoms with van der Waals surface area (Å²) in [5, 5.41) is 4.35. The molecule has 0 saturated heterocycles. The van der Waals surface area contributed by atoms with Gasteiger partial charge in [-0.3, -0.25) is 9.10 Å². The van der Waals surface area contributed by atoms with Crippen LogP contribution in [0.5, 0.6) is 11.5 Å². The van der Waals surface area contributed by atoms with Crippen molar-refractivity contribution in [3.05, 3.63) is 81.8 Å². The molecule has 0 aromatic heterocycles. The van der Waals surface area contributed by atoms with Gasteiger partial charge in [-0.05, 0) is 73.7 Å². The van der Waals surface area contributed by atoms with Crippen LogP contribution >= 0.6 is 27.5 Å². The number of benzene rings is 3. The lowest BCUT2D eigenvalue weighted by Crippen LogP contribution is -2.39. The number of amides is 1. The van der Waals surface area contributed by atoms with Crippen molar-refractivity contribution in [3.63, 3.8) is 0 Å². The van der Waals surface area contributed by atoms with Gasteiger partial charge in [-0.25, -0.2) is 13.8 Å². The van der Waals surface area contributed by atoms with Crippen LogP contribution in [0.2, 0.25) is 5.02 Å². The second-order valence-corrected chi connectivity index (χ2v) is 10.3. The molecule has 0 aliphatic carbocycles. The molecule has 0 heterocycles. The highest BCUT2D eigenvalue weighted by Gasteiger charge is 2.27. The van der Waals surface area contributed by atoms with Crippen LogP contribution < -0.4 is 19.2 Å². The van der Waals surface area contributed by atoms with Gasteiger partial charge in [0, 0.05) is 15.1 Å². The molecule has 0 radical (unpaired) electrons. The fraction of sp³-hybridized carbons (Fsp3) is 0.167. The molecule has 8 nitrogen and oxygen atoms in total. The summed E-state index contributed by atoms with van der Waals surface area (Å²) in [4.78, 5) is 12.7. The minimum absolute atomic E-state index is 0.00837. The number of carbonyl (C=O) groups is 1. The Morgan fingerprint density at radius 1 is 1.11 bits per heavy atom. The smallest absolute Gasteiger partial charge is 0.264 e. The van der Waals surface area contributed by atoms with Crippen LogP contribution in [0.25, 0.3) is 0 Å². The lowest BCUT2D eigenvalue weighted by atomic mass is 10.2. The first-order chi connectivity index (χ1) is 16.7. The predicted molar refractivity (Wildman–Crippen MR) is 140 cm³/mol. The molecule has 3 rings (SSSR count). The number of halogens is 2. The third-order valence-corrected chi connectivity index (χ3v) is 7.24. The Morgan fingerprint density at radius 3 is 2.43 bits per heavy atom. The monoisotopic (exact) mass is 579 g/mol. The number of rotatable bonds is 10. The number of nitrogens with zero attached hydrogens (tertiary/aromatic N) is 2. The lowest BCUT2D eigenvalue weighted by Gasteiger charge is -2.24. The van der Waals surface area contributed by atoms with E-state index in [1.807, 2.05) is 13.0 Å². The highest BCUT2D eigenvalue weighted by Crippen LogP contribution is 2.27. The lowest BCUT2D eigenvalue weighted by molar-refractivity contribution is -0.119. The molecule has 0 unspecified atom stereocenters. The Balaban J connectivity index is 1.85. The summed E-state index contributed by atoms with van der Waals surface area (Å²) in [6, 6.07) is 17.5. The van der Waals surface area contributed by atoms with Crippen LogP contribution in [0.15, 0.2) is 81.2 Å². The minimum atomic E-state index is -4.09. The van der Waals surface area contributed by atoms with Crippen molar-refractivity contribution < 1.29 is 22.7 Å². The number of ether oxygens (including phenoxy) is 2. The van der Waals surface area contributed by atoms with Gasteiger partial charge < -0.3 is 9.47 Å². The molecule has 0 saturated carbocycles. The second kappa shape index (κ2) is 12.1. The van der Waals surface area contributed by atoms with Crippen LogP contribution in [-0.4, -0.2) is 40.8 Å². The molecule has 11 heteroatoms. The van der Waals surface area contributed by atoms with Crippen molar-refractivity contribution in [1.82, 2.24) is 5.43 Å². The van der Waals surface area contributed by atoms with Crippen LogP contribution in [0.1, 0.15) is 12.5 Å². The topological polar surface area (TPSA) is 97.3 Å². The number of hydrogen-bond donors (Lipinski definition) is 1. The van der Waals surface area contributed by atoms with E-state index in [0.717, 1.165) is 8.78 Å². The van der Waals surface area contributed by atoms with Crippen molar-refractivity contribution in [2.45, 2.75) is 11.8 Å². The van der Waals surface area contributed by atoms with Crippen molar-refractivity contribution in [2.75, 3.05) is 24.6 Å². The fourth-order valence-electron chi connectivity index (χ4n) is 3.07. The largest absolute Gasteiger partial charge is 0.496 e. The Kier molecular flexibility index (Phi) is 9.13. The van der Waals surface area contributed by atoms with Crippen LogP contribution in [0.4, 0.5) is 5.69 Å². The number of carbonyl (C=O) groups excluding carboxylic acids is 1. The maximum Gasteiger partial charge on any atom is 0.264 e. The molecule has 3 aromatic carbocycles. The number of anilines is 1. The first-order valence-electron chi connectivity index (χ1n) is 10.4. The van der Waals surface area contributed by atoms with Gasteiger partial charge >= 0.3 is 0 Å². The Hall–Kier alpha value is -3.08. The molecular weight excluding hydrogens is 558 g/mol. The van der Waals surface area contributed by atoms with E-state index in [1.165, 1.54) is 37.6 Å². The molecule has 1 N–H and O–H groups in total. The SMILES string of the molecule is CCOc1ccc(N(CC(=O)N/N=C\c2cc(Br)ccc2OC)S(=O)(=O)c2ccc(Cl)cc2)cc1. The van der Waals surface area contributed by atoms with Gasteiger partial charge in [0.05, 0.1) is 30.5 Å². The summed E-state index contributed by atoms with van der Waals surface area (Å²) in [6.07, 6.45) is 1.41. The number of sulfonamides is 1. The molecule has 0 bridgehead atoms. The fourth-order valence-corrected chi connectivity index (χ4v) is 5.00. The zero-order valence-corrected chi connectivity index (χ0v) is 22.1.